The maximum atomic E-state index is 2.55. The lowest BCUT2D eigenvalue weighted by atomic mass is 9.67. The van der Waals surface area contributed by atoms with E-state index in [-0.39, 0.29) is 0 Å². The second kappa shape index (κ2) is 14.9. The van der Waals surface area contributed by atoms with Crippen LogP contribution in [0.4, 0.5) is 17.1 Å². The van der Waals surface area contributed by atoms with Gasteiger partial charge >= 0.3 is 0 Å². The summed E-state index contributed by atoms with van der Waals surface area (Å²) in [5.74, 6) is 0. The van der Waals surface area contributed by atoms with Gasteiger partial charge < -0.3 is 4.90 Å². The second-order valence-electron chi connectivity index (χ2n) is 15.6. The third kappa shape index (κ3) is 5.78. The number of hydrogen-bond donors (Lipinski definition) is 0. The van der Waals surface area contributed by atoms with E-state index in [4.69, 9.17) is 0 Å². The normalized spacial score (nSPS) is 12.5. The van der Waals surface area contributed by atoms with E-state index in [0.29, 0.717) is 0 Å². The SMILES string of the molecule is c1ccc(-c2cccc(-c3cccc(N(c4cccc5c4C(c4ccccc4)(c4ccccc4)c4ccccc4-5)c4ccc5ccccc5c4-c4ccccc4)c3)c2)cc1. The van der Waals surface area contributed by atoms with Gasteiger partial charge in [-0.1, -0.05) is 218 Å². The van der Waals surface area contributed by atoms with Gasteiger partial charge in [0.1, 0.15) is 0 Å². The molecule has 0 aromatic heterocycles. The summed E-state index contributed by atoms with van der Waals surface area (Å²) in [7, 11) is 0. The molecule has 0 atom stereocenters. The zero-order valence-corrected chi connectivity index (χ0v) is 33.1. The molecular formula is C59H41N. The maximum absolute atomic E-state index is 2.55. The molecule has 0 radical (unpaired) electrons. The van der Waals surface area contributed by atoms with E-state index in [1.165, 1.54) is 72.0 Å². The highest BCUT2D eigenvalue weighted by atomic mass is 15.1. The van der Waals surface area contributed by atoms with Crippen molar-refractivity contribution in [1.29, 1.82) is 0 Å². The van der Waals surface area contributed by atoms with Crippen LogP contribution < -0.4 is 4.90 Å². The first-order valence-corrected chi connectivity index (χ1v) is 20.8. The first-order chi connectivity index (χ1) is 29.8. The predicted molar refractivity (Wildman–Crippen MR) is 252 cm³/mol. The zero-order valence-electron chi connectivity index (χ0n) is 33.1. The third-order valence-electron chi connectivity index (χ3n) is 12.3. The number of fused-ring (bicyclic) bond motifs is 4. The molecule has 0 aliphatic heterocycles. The molecule has 0 fully saturated rings. The molecule has 0 unspecified atom stereocenters. The standard InChI is InChI=1S/C59H41N/c1-5-20-42(21-6-1)45-25-17-26-46(40-45)47-27-18-32-50(41-47)60(55-39-38-43-22-13-14-33-51(43)57(55)44-23-7-2-8-24-44)56-37-19-35-53-52-34-15-16-36-54(52)59(58(53)56,48-28-9-3-10-29-48)49-30-11-4-12-31-49/h1-41H. The lowest BCUT2D eigenvalue weighted by molar-refractivity contribution is 0.768. The van der Waals surface area contributed by atoms with Gasteiger partial charge in [0.2, 0.25) is 0 Å². The quantitative estimate of drug-likeness (QED) is 0.149. The summed E-state index contributed by atoms with van der Waals surface area (Å²) in [6, 6.07) is 91.2. The molecule has 0 heterocycles. The van der Waals surface area contributed by atoms with Gasteiger partial charge in [-0.3, -0.25) is 0 Å². The van der Waals surface area contributed by atoms with Crippen LogP contribution in [0.1, 0.15) is 22.3 Å². The highest BCUT2D eigenvalue weighted by Gasteiger charge is 2.48. The molecule has 282 valence electrons. The van der Waals surface area contributed by atoms with E-state index >= 15 is 0 Å². The summed E-state index contributed by atoms with van der Waals surface area (Å²) >= 11 is 0. The van der Waals surface area contributed by atoms with Gasteiger partial charge in [-0.2, -0.15) is 0 Å². The van der Waals surface area contributed by atoms with Crippen molar-refractivity contribution >= 4 is 27.8 Å². The Kier molecular flexibility index (Phi) is 8.79. The largest absolute Gasteiger partial charge is 0.309 e. The molecule has 11 rings (SSSR count). The van der Waals surface area contributed by atoms with E-state index in [2.05, 4.69) is 254 Å². The molecule has 0 spiro atoms. The van der Waals surface area contributed by atoms with Crippen molar-refractivity contribution in [3.63, 3.8) is 0 Å². The van der Waals surface area contributed by atoms with Crippen LogP contribution in [0.5, 0.6) is 0 Å². The van der Waals surface area contributed by atoms with Crippen LogP contribution in [-0.4, -0.2) is 0 Å². The first kappa shape index (κ1) is 35.4. The Labute approximate surface area is 352 Å². The molecule has 10 aromatic rings. The molecule has 10 aromatic carbocycles. The van der Waals surface area contributed by atoms with Crippen molar-refractivity contribution in [2.24, 2.45) is 0 Å². The molecule has 0 saturated heterocycles. The van der Waals surface area contributed by atoms with Gasteiger partial charge in [0.15, 0.2) is 0 Å². The summed E-state index contributed by atoms with van der Waals surface area (Å²) in [6.45, 7) is 0. The van der Waals surface area contributed by atoms with Crippen LogP contribution in [0.25, 0.3) is 55.3 Å². The number of hydrogen-bond acceptors (Lipinski definition) is 1. The van der Waals surface area contributed by atoms with Crippen molar-refractivity contribution in [3.8, 4) is 44.5 Å². The minimum atomic E-state index is -0.603. The van der Waals surface area contributed by atoms with Gasteiger partial charge in [-0.15, -0.1) is 0 Å². The van der Waals surface area contributed by atoms with Crippen LogP contribution in [0.15, 0.2) is 249 Å². The van der Waals surface area contributed by atoms with Crippen molar-refractivity contribution in [2.45, 2.75) is 5.41 Å². The summed E-state index contributed by atoms with van der Waals surface area (Å²) in [6.07, 6.45) is 0. The van der Waals surface area contributed by atoms with E-state index in [0.717, 1.165) is 22.6 Å². The molecule has 1 aliphatic rings. The maximum Gasteiger partial charge on any atom is 0.0734 e. The molecule has 0 N–H and O–H groups in total. The molecular weight excluding hydrogens is 723 g/mol. The van der Waals surface area contributed by atoms with Crippen molar-refractivity contribution in [1.82, 2.24) is 0 Å². The molecule has 1 nitrogen and oxygen atoms in total. The average Bonchev–Trinajstić information content (AvgIpc) is 3.64. The Bertz CT molecular complexity index is 3090. The molecule has 1 heteroatoms. The molecule has 0 amide bonds. The fourth-order valence-corrected chi connectivity index (χ4v) is 9.76. The second-order valence-corrected chi connectivity index (χ2v) is 15.6. The lowest BCUT2D eigenvalue weighted by Gasteiger charge is -2.38. The van der Waals surface area contributed by atoms with Crippen LogP contribution in [0.2, 0.25) is 0 Å². The summed E-state index contributed by atoms with van der Waals surface area (Å²) in [5.41, 5.74) is 17.4. The van der Waals surface area contributed by atoms with Gasteiger partial charge in [-0.05, 0) is 96.7 Å². The van der Waals surface area contributed by atoms with Crippen LogP contribution in [-0.2, 0) is 5.41 Å². The lowest BCUT2D eigenvalue weighted by Crippen LogP contribution is -2.30. The highest BCUT2D eigenvalue weighted by molar-refractivity contribution is 6.06. The third-order valence-corrected chi connectivity index (χ3v) is 12.3. The smallest absolute Gasteiger partial charge is 0.0734 e. The molecule has 0 bridgehead atoms. The number of anilines is 3. The Morgan fingerprint density at radius 1 is 0.317 bits per heavy atom. The fraction of sp³-hybridized carbons (Fsp3) is 0.0169. The Morgan fingerprint density at radius 3 is 1.55 bits per heavy atom. The summed E-state index contributed by atoms with van der Waals surface area (Å²) < 4.78 is 0. The van der Waals surface area contributed by atoms with Gasteiger partial charge in [0, 0.05) is 16.8 Å². The van der Waals surface area contributed by atoms with Gasteiger partial charge in [0.25, 0.3) is 0 Å². The number of rotatable bonds is 8. The zero-order chi connectivity index (χ0) is 39.9. The predicted octanol–water partition coefficient (Wildman–Crippen LogP) is 15.7. The van der Waals surface area contributed by atoms with Gasteiger partial charge in [0.05, 0.1) is 16.8 Å². The van der Waals surface area contributed by atoms with Crippen LogP contribution >= 0.6 is 0 Å². The monoisotopic (exact) mass is 763 g/mol. The van der Waals surface area contributed by atoms with Crippen LogP contribution in [0, 0.1) is 0 Å². The average molecular weight is 764 g/mol. The minimum absolute atomic E-state index is 0.603. The summed E-state index contributed by atoms with van der Waals surface area (Å²) in [4.78, 5) is 2.55. The number of benzene rings is 10. The molecule has 0 saturated carbocycles. The first-order valence-electron chi connectivity index (χ1n) is 20.8. The highest BCUT2D eigenvalue weighted by Crippen LogP contribution is 2.60. The molecule has 1 aliphatic carbocycles. The Morgan fingerprint density at radius 2 is 0.833 bits per heavy atom. The van der Waals surface area contributed by atoms with E-state index < -0.39 is 5.41 Å². The van der Waals surface area contributed by atoms with Gasteiger partial charge in [-0.25, -0.2) is 0 Å². The van der Waals surface area contributed by atoms with Crippen molar-refractivity contribution in [2.75, 3.05) is 4.90 Å². The van der Waals surface area contributed by atoms with E-state index in [9.17, 15) is 0 Å². The topological polar surface area (TPSA) is 3.24 Å². The van der Waals surface area contributed by atoms with Crippen molar-refractivity contribution in [3.05, 3.63) is 271 Å². The number of nitrogens with zero attached hydrogens (tertiary/aromatic N) is 1. The van der Waals surface area contributed by atoms with Crippen LogP contribution in [0.3, 0.4) is 0 Å². The fourth-order valence-electron chi connectivity index (χ4n) is 9.76. The van der Waals surface area contributed by atoms with Crippen molar-refractivity contribution < 1.29 is 0 Å². The Hall–Kier alpha value is -7.74. The van der Waals surface area contributed by atoms with E-state index in [1.807, 2.05) is 0 Å². The minimum Gasteiger partial charge on any atom is -0.309 e. The summed E-state index contributed by atoms with van der Waals surface area (Å²) in [5, 5.41) is 2.42. The molecule has 60 heavy (non-hydrogen) atoms. The van der Waals surface area contributed by atoms with E-state index in [1.54, 1.807) is 0 Å². The Balaban J connectivity index is 1.24.